The third kappa shape index (κ3) is 12.8. The summed E-state index contributed by atoms with van der Waals surface area (Å²) in [4.78, 5) is 12.4. The van der Waals surface area contributed by atoms with Crippen LogP contribution in [0.15, 0.2) is 29.2 Å². The molecule has 0 saturated heterocycles. The Labute approximate surface area is 218 Å². The summed E-state index contributed by atoms with van der Waals surface area (Å²) in [5, 5.41) is 5.90. The minimum Gasteiger partial charge on any atom is -0.332 e. The lowest BCUT2D eigenvalue weighted by Gasteiger charge is -2.22. The fraction of sp³-hybridized carbons (Fsp3) is 0.704. The number of hydrogen-bond donors (Lipinski definition) is 3. The molecule has 1 amide bonds. The molecule has 198 valence electrons. The van der Waals surface area contributed by atoms with E-state index in [1.807, 2.05) is 0 Å². The fourth-order valence-electron chi connectivity index (χ4n) is 4.53. The van der Waals surface area contributed by atoms with Crippen LogP contribution in [0.2, 0.25) is 0 Å². The molecule has 0 heterocycles. The molecule has 2 rings (SSSR count). The van der Waals surface area contributed by atoms with Gasteiger partial charge in [0.05, 0.1) is 4.90 Å². The van der Waals surface area contributed by atoms with Crippen LogP contribution >= 0.6 is 12.2 Å². The number of thiocarbonyl (C=S) groups is 1. The second kappa shape index (κ2) is 17.0. The number of sulfonamides is 1. The zero-order chi connectivity index (χ0) is 25.4. The first-order chi connectivity index (χ1) is 16.9. The molecule has 3 N–H and O–H groups in total. The number of amides is 1. The van der Waals surface area contributed by atoms with Gasteiger partial charge < -0.3 is 10.6 Å². The average molecular weight is 524 g/mol. The maximum Gasteiger partial charge on any atom is 0.240 e. The van der Waals surface area contributed by atoms with Crippen molar-refractivity contribution in [3.8, 4) is 0 Å². The van der Waals surface area contributed by atoms with E-state index >= 15 is 0 Å². The van der Waals surface area contributed by atoms with Crippen molar-refractivity contribution in [3.05, 3.63) is 24.3 Å². The summed E-state index contributed by atoms with van der Waals surface area (Å²) in [5.74, 6) is -0.0886. The Hall–Kier alpha value is -1.51. The van der Waals surface area contributed by atoms with E-state index in [1.54, 1.807) is 24.3 Å². The summed E-state index contributed by atoms with van der Waals surface area (Å²) in [6, 6.07) is 6.47. The largest absolute Gasteiger partial charge is 0.332 e. The highest BCUT2D eigenvalue weighted by atomic mass is 32.2. The van der Waals surface area contributed by atoms with Crippen LogP contribution in [0.4, 0.5) is 5.69 Å². The molecule has 0 aliphatic heterocycles. The standard InChI is InChI=1S/C27H45N3O3S2/c1-2-3-4-5-6-7-8-9-10-11-15-18-26(31)29-27(34)28-23-19-21-25(22-20-23)35(32,33)30-24-16-13-12-14-17-24/h19-22,24,30H,2-18H2,1H3,(H2,28,29,31,34). The van der Waals surface area contributed by atoms with Crippen molar-refractivity contribution in [2.45, 2.75) is 127 Å². The summed E-state index contributed by atoms with van der Waals surface area (Å²) in [6.07, 6.45) is 19.3. The quantitative estimate of drug-likeness (QED) is 0.164. The summed E-state index contributed by atoms with van der Waals surface area (Å²) < 4.78 is 28.0. The lowest BCUT2D eigenvalue weighted by atomic mass is 9.96. The Bertz CT molecular complexity index is 851. The number of rotatable bonds is 16. The van der Waals surface area contributed by atoms with Crippen LogP contribution in [0.1, 0.15) is 116 Å². The van der Waals surface area contributed by atoms with Gasteiger partial charge in [0.1, 0.15) is 0 Å². The molecule has 0 spiro atoms. The summed E-state index contributed by atoms with van der Waals surface area (Å²) in [7, 11) is -3.53. The van der Waals surface area contributed by atoms with Crippen LogP contribution in [-0.4, -0.2) is 25.5 Å². The minimum atomic E-state index is -3.53. The molecule has 1 saturated carbocycles. The SMILES string of the molecule is CCCCCCCCCCCCCC(=O)NC(=S)Nc1ccc(S(=O)(=O)NC2CCCCC2)cc1. The molecule has 1 aliphatic carbocycles. The van der Waals surface area contributed by atoms with Crippen molar-refractivity contribution in [1.29, 1.82) is 0 Å². The first-order valence-electron chi connectivity index (χ1n) is 13.6. The molecule has 8 heteroatoms. The van der Waals surface area contributed by atoms with Crippen LogP contribution in [-0.2, 0) is 14.8 Å². The van der Waals surface area contributed by atoms with Crippen molar-refractivity contribution in [1.82, 2.24) is 10.0 Å². The topological polar surface area (TPSA) is 87.3 Å². The van der Waals surface area contributed by atoms with Crippen LogP contribution in [0.5, 0.6) is 0 Å². The summed E-state index contributed by atoms with van der Waals surface area (Å²) >= 11 is 5.24. The Morgan fingerprint density at radius 2 is 1.40 bits per heavy atom. The van der Waals surface area contributed by atoms with Gasteiger partial charge in [0, 0.05) is 18.2 Å². The lowest BCUT2D eigenvalue weighted by Crippen LogP contribution is -2.36. The van der Waals surface area contributed by atoms with E-state index in [0.717, 1.165) is 38.5 Å². The number of benzene rings is 1. The molecular formula is C27H45N3O3S2. The van der Waals surface area contributed by atoms with Crippen LogP contribution < -0.4 is 15.4 Å². The number of hydrogen-bond acceptors (Lipinski definition) is 4. The third-order valence-electron chi connectivity index (χ3n) is 6.61. The van der Waals surface area contributed by atoms with E-state index in [1.165, 1.54) is 64.2 Å². The van der Waals surface area contributed by atoms with Gasteiger partial charge in [-0.3, -0.25) is 4.79 Å². The van der Waals surface area contributed by atoms with Gasteiger partial charge >= 0.3 is 0 Å². The lowest BCUT2D eigenvalue weighted by molar-refractivity contribution is -0.119. The van der Waals surface area contributed by atoms with Gasteiger partial charge in [-0.15, -0.1) is 0 Å². The van der Waals surface area contributed by atoms with Gasteiger partial charge in [-0.2, -0.15) is 0 Å². The molecule has 0 unspecified atom stereocenters. The highest BCUT2D eigenvalue weighted by Gasteiger charge is 2.21. The van der Waals surface area contributed by atoms with Gasteiger partial charge in [-0.05, 0) is 55.7 Å². The molecule has 0 radical (unpaired) electrons. The van der Waals surface area contributed by atoms with E-state index in [2.05, 4.69) is 22.3 Å². The number of carbonyl (C=O) groups is 1. The van der Waals surface area contributed by atoms with E-state index in [4.69, 9.17) is 12.2 Å². The second-order valence-electron chi connectivity index (χ2n) is 9.77. The molecule has 0 atom stereocenters. The molecule has 1 aromatic carbocycles. The molecule has 1 aromatic rings. The van der Waals surface area contributed by atoms with Gasteiger partial charge in [-0.25, -0.2) is 13.1 Å². The maximum absolute atomic E-state index is 12.6. The number of carbonyl (C=O) groups excluding carboxylic acids is 1. The normalized spacial score (nSPS) is 14.5. The minimum absolute atomic E-state index is 0.0228. The Morgan fingerprint density at radius 3 is 1.97 bits per heavy atom. The number of anilines is 1. The maximum atomic E-state index is 12.6. The predicted octanol–water partition coefficient (Wildman–Crippen LogP) is 6.81. The molecule has 6 nitrogen and oxygen atoms in total. The van der Waals surface area contributed by atoms with Crippen molar-refractivity contribution in [2.24, 2.45) is 0 Å². The van der Waals surface area contributed by atoms with Crippen molar-refractivity contribution in [2.75, 3.05) is 5.32 Å². The monoisotopic (exact) mass is 523 g/mol. The number of nitrogens with one attached hydrogen (secondary N) is 3. The highest BCUT2D eigenvalue weighted by Crippen LogP contribution is 2.21. The predicted molar refractivity (Wildman–Crippen MR) is 149 cm³/mol. The second-order valence-corrected chi connectivity index (χ2v) is 11.9. The van der Waals surface area contributed by atoms with E-state index in [-0.39, 0.29) is 22.0 Å². The smallest absolute Gasteiger partial charge is 0.240 e. The molecule has 0 aromatic heterocycles. The van der Waals surface area contributed by atoms with Crippen LogP contribution in [0.25, 0.3) is 0 Å². The number of unbranched alkanes of at least 4 members (excludes halogenated alkanes) is 10. The van der Waals surface area contributed by atoms with E-state index in [0.29, 0.717) is 12.1 Å². The molecule has 35 heavy (non-hydrogen) atoms. The van der Waals surface area contributed by atoms with E-state index < -0.39 is 10.0 Å². The van der Waals surface area contributed by atoms with Crippen LogP contribution in [0, 0.1) is 0 Å². The zero-order valence-electron chi connectivity index (χ0n) is 21.4. The van der Waals surface area contributed by atoms with Crippen molar-refractivity contribution >= 4 is 38.9 Å². The van der Waals surface area contributed by atoms with Crippen molar-refractivity contribution < 1.29 is 13.2 Å². The average Bonchev–Trinajstić information content (AvgIpc) is 2.83. The first kappa shape index (κ1) is 29.7. The van der Waals surface area contributed by atoms with Gasteiger partial charge in [0.2, 0.25) is 15.9 Å². The van der Waals surface area contributed by atoms with Crippen LogP contribution in [0.3, 0.4) is 0 Å². The van der Waals surface area contributed by atoms with Crippen molar-refractivity contribution in [3.63, 3.8) is 0 Å². The molecule has 0 bridgehead atoms. The Kier molecular flexibility index (Phi) is 14.5. The third-order valence-corrected chi connectivity index (χ3v) is 8.35. The summed E-state index contributed by atoms with van der Waals surface area (Å²) in [6.45, 7) is 2.25. The fourth-order valence-corrected chi connectivity index (χ4v) is 6.06. The van der Waals surface area contributed by atoms with Gasteiger partial charge in [0.25, 0.3) is 0 Å². The highest BCUT2D eigenvalue weighted by molar-refractivity contribution is 7.89. The van der Waals surface area contributed by atoms with Gasteiger partial charge in [0.15, 0.2) is 5.11 Å². The summed E-state index contributed by atoms with van der Waals surface area (Å²) in [5.41, 5.74) is 0.640. The molecular weight excluding hydrogens is 478 g/mol. The molecule has 1 fully saturated rings. The molecule has 1 aliphatic rings. The first-order valence-corrected chi connectivity index (χ1v) is 15.5. The zero-order valence-corrected chi connectivity index (χ0v) is 23.1. The van der Waals surface area contributed by atoms with Gasteiger partial charge in [-0.1, -0.05) is 90.4 Å². The Morgan fingerprint density at radius 1 is 0.857 bits per heavy atom. The van der Waals surface area contributed by atoms with E-state index in [9.17, 15) is 13.2 Å². The Balaban J connectivity index is 1.58.